The lowest BCUT2D eigenvalue weighted by molar-refractivity contribution is 0.618. The van der Waals surface area contributed by atoms with E-state index in [9.17, 15) is 0 Å². The fourth-order valence-electron chi connectivity index (χ4n) is 1.68. The maximum absolute atomic E-state index is 6.00. The zero-order valence-electron chi connectivity index (χ0n) is 10.6. The Morgan fingerprint density at radius 3 is 2.65 bits per heavy atom. The Kier molecular flexibility index (Phi) is 6.20. The molecule has 96 valence electrons. The molecule has 0 saturated heterocycles. The van der Waals surface area contributed by atoms with Crippen molar-refractivity contribution in [2.45, 2.75) is 46.1 Å². The van der Waals surface area contributed by atoms with Crippen molar-refractivity contribution in [1.82, 2.24) is 9.97 Å². The molecule has 3 nitrogen and oxygen atoms in total. The van der Waals surface area contributed by atoms with E-state index in [0.717, 1.165) is 16.8 Å². The summed E-state index contributed by atoms with van der Waals surface area (Å²) in [6.45, 7) is 7.53. The molecule has 0 bridgehead atoms. The van der Waals surface area contributed by atoms with Crippen LogP contribution in [0.3, 0.4) is 0 Å². The van der Waals surface area contributed by atoms with E-state index >= 15 is 0 Å². The quantitative estimate of drug-likeness (QED) is 0.578. The van der Waals surface area contributed by atoms with Crippen LogP contribution in [-0.2, 0) is 0 Å². The van der Waals surface area contributed by atoms with Gasteiger partial charge in [-0.3, -0.25) is 0 Å². The van der Waals surface area contributed by atoms with Gasteiger partial charge in [0.1, 0.15) is 17.3 Å². The number of hydrogen-bond donors (Lipinski definition) is 0. The standard InChI is InChI=1S/C12H19BrClN3/c1-4-5-6-7-17(9(2)3)12-10(13)11(14)15-8-16-12/h8-9H,4-7H2,1-3H3. The van der Waals surface area contributed by atoms with Crippen molar-refractivity contribution in [3.8, 4) is 0 Å². The normalized spacial score (nSPS) is 10.9. The summed E-state index contributed by atoms with van der Waals surface area (Å²) in [6.07, 6.45) is 5.14. The fraction of sp³-hybridized carbons (Fsp3) is 0.667. The first-order valence-electron chi connectivity index (χ1n) is 6.00. The van der Waals surface area contributed by atoms with Crippen LogP contribution in [0, 0.1) is 0 Å². The number of anilines is 1. The molecule has 0 radical (unpaired) electrons. The van der Waals surface area contributed by atoms with Gasteiger partial charge in [0, 0.05) is 12.6 Å². The zero-order valence-corrected chi connectivity index (χ0v) is 12.9. The van der Waals surface area contributed by atoms with Crippen molar-refractivity contribution in [3.63, 3.8) is 0 Å². The van der Waals surface area contributed by atoms with Crippen LogP contribution in [0.4, 0.5) is 5.82 Å². The van der Waals surface area contributed by atoms with E-state index in [1.54, 1.807) is 0 Å². The largest absolute Gasteiger partial charge is 0.353 e. The van der Waals surface area contributed by atoms with Gasteiger partial charge in [0.2, 0.25) is 0 Å². The van der Waals surface area contributed by atoms with Crippen molar-refractivity contribution in [2.75, 3.05) is 11.4 Å². The number of unbranched alkanes of at least 4 members (excludes halogenated alkanes) is 2. The minimum Gasteiger partial charge on any atom is -0.353 e. The summed E-state index contributed by atoms with van der Waals surface area (Å²) in [5.41, 5.74) is 0. The molecule has 1 aromatic heterocycles. The van der Waals surface area contributed by atoms with E-state index in [1.165, 1.54) is 25.6 Å². The van der Waals surface area contributed by atoms with Crippen molar-refractivity contribution >= 4 is 33.3 Å². The molecule has 0 saturated carbocycles. The number of hydrogen-bond acceptors (Lipinski definition) is 3. The highest BCUT2D eigenvalue weighted by Gasteiger charge is 2.16. The molecule has 0 aliphatic rings. The first kappa shape index (κ1) is 14.7. The van der Waals surface area contributed by atoms with Crippen LogP contribution in [0.5, 0.6) is 0 Å². The first-order chi connectivity index (χ1) is 8.07. The Bertz CT molecular complexity index is 358. The predicted octanol–water partition coefficient (Wildman–Crippen LogP) is 4.30. The summed E-state index contributed by atoms with van der Waals surface area (Å²) in [5.74, 6) is 0.885. The molecule has 0 unspecified atom stereocenters. The van der Waals surface area contributed by atoms with E-state index in [0.29, 0.717) is 11.2 Å². The second kappa shape index (κ2) is 7.17. The Labute approximate surface area is 117 Å². The highest BCUT2D eigenvalue weighted by molar-refractivity contribution is 9.10. The fourth-order valence-corrected chi connectivity index (χ4v) is 2.24. The van der Waals surface area contributed by atoms with Gasteiger partial charge in [-0.25, -0.2) is 9.97 Å². The lowest BCUT2D eigenvalue weighted by Gasteiger charge is -2.28. The maximum Gasteiger partial charge on any atom is 0.148 e. The average Bonchev–Trinajstić information content (AvgIpc) is 2.29. The van der Waals surface area contributed by atoms with E-state index in [4.69, 9.17) is 11.6 Å². The smallest absolute Gasteiger partial charge is 0.148 e. The lowest BCUT2D eigenvalue weighted by atomic mass is 10.2. The van der Waals surface area contributed by atoms with Gasteiger partial charge in [-0.15, -0.1) is 0 Å². The average molecular weight is 321 g/mol. The van der Waals surface area contributed by atoms with Gasteiger partial charge >= 0.3 is 0 Å². The SMILES string of the molecule is CCCCCN(c1ncnc(Cl)c1Br)C(C)C. The highest BCUT2D eigenvalue weighted by atomic mass is 79.9. The lowest BCUT2D eigenvalue weighted by Crippen LogP contribution is -2.32. The number of rotatable bonds is 6. The first-order valence-corrected chi connectivity index (χ1v) is 7.17. The van der Waals surface area contributed by atoms with E-state index in [-0.39, 0.29) is 0 Å². The second-order valence-corrected chi connectivity index (χ2v) is 5.45. The molecule has 1 aromatic rings. The molecule has 0 atom stereocenters. The molecular weight excluding hydrogens is 302 g/mol. The van der Waals surface area contributed by atoms with Gasteiger partial charge in [-0.1, -0.05) is 31.4 Å². The second-order valence-electron chi connectivity index (χ2n) is 4.30. The topological polar surface area (TPSA) is 29.0 Å². The van der Waals surface area contributed by atoms with Crippen LogP contribution in [0.25, 0.3) is 0 Å². The molecule has 0 aliphatic carbocycles. The van der Waals surface area contributed by atoms with Crippen LogP contribution in [0.1, 0.15) is 40.0 Å². The van der Waals surface area contributed by atoms with Gasteiger partial charge in [-0.2, -0.15) is 0 Å². The third-order valence-corrected chi connectivity index (χ3v) is 3.87. The Hall–Kier alpha value is -0.350. The molecule has 0 aliphatic heterocycles. The minimum absolute atomic E-state index is 0.397. The van der Waals surface area contributed by atoms with E-state index in [2.05, 4.69) is 51.6 Å². The predicted molar refractivity (Wildman–Crippen MR) is 76.7 cm³/mol. The van der Waals surface area contributed by atoms with Crippen molar-refractivity contribution in [1.29, 1.82) is 0 Å². The van der Waals surface area contributed by atoms with Crippen LogP contribution < -0.4 is 4.90 Å². The van der Waals surface area contributed by atoms with Gasteiger partial charge < -0.3 is 4.90 Å². The molecular formula is C12H19BrClN3. The highest BCUT2D eigenvalue weighted by Crippen LogP contribution is 2.30. The molecule has 5 heteroatoms. The third kappa shape index (κ3) is 4.11. The number of aromatic nitrogens is 2. The van der Waals surface area contributed by atoms with Crippen LogP contribution in [0.15, 0.2) is 10.8 Å². The Morgan fingerprint density at radius 1 is 1.35 bits per heavy atom. The minimum atomic E-state index is 0.397. The molecule has 1 rings (SSSR count). The Balaban J connectivity index is 2.86. The summed E-state index contributed by atoms with van der Waals surface area (Å²) in [6, 6.07) is 0.397. The Morgan fingerprint density at radius 2 is 2.06 bits per heavy atom. The van der Waals surface area contributed by atoms with Crippen LogP contribution in [0.2, 0.25) is 5.15 Å². The molecule has 0 N–H and O–H groups in total. The number of nitrogens with zero attached hydrogens (tertiary/aromatic N) is 3. The summed E-state index contributed by atoms with van der Waals surface area (Å²) in [7, 11) is 0. The molecule has 17 heavy (non-hydrogen) atoms. The van der Waals surface area contributed by atoms with Crippen LogP contribution in [-0.4, -0.2) is 22.6 Å². The summed E-state index contributed by atoms with van der Waals surface area (Å²) in [4.78, 5) is 10.5. The molecule has 1 heterocycles. The van der Waals surface area contributed by atoms with Crippen molar-refractivity contribution in [3.05, 3.63) is 16.0 Å². The van der Waals surface area contributed by atoms with Gasteiger partial charge in [0.05, 0.1) is 4.47 Å². The van der Waals surface area contributed by atoms with Crippen LogP contribution >= 0.6 is 27.5 Å². The van der Waals surface area contributed by atoms with Crippen molar-refractivity contribution < 1.29 is 0 Å². The monoisotopic (exact) mass is 319 g/mol. The van der Waals surface area contributed by atoms with Gasteiger partial charge in [-0.05, 0) is 36.2 Å². The van der Waals surface area contributed by atoms with E-state index < -0.39 is 0 Å². The number of halogens is 2. The van der Waals surface area contributed by atoms with Gasteiger partial charge in [0.25, 0.3) is 0 Å². The van der Waals surface area contributed by atoms with Gasteiger partial charge in [0.15, 0.2) is 0 Å². The summed E-state index contributed by atoms with van der Waals surface area (Å²) < 4.78 is 0.784. The van der Waals surface area contributed by atoms with Crippen molar-refractivity contribution in [2.24, 2.45) is 0 Å². The maximum atomic E-state index is 6.00. The van der Waals surface area contributed by atoms with E-state index in [1.807, 2.05) is 0 Å². The molecule has 0 fully saturated rings. The molecule has 0 aromatic carbocycles. The third-order valence-electron chi connectivity index (χ3n) is 2.63. The summed E-state index contributed by atoms with van der Waals surface area (Å²) in [5, 5.41) is 0.469. The molecule has 0 spiro atoms. The zero-order chi connectivity index (χ0) is 12.8. The summed E-state index contributed by atoms with van der Waals surface area (Å²) >= 11 is 9.46. The molecule has 0 amide bonds.